The fourth-order valence-corrected chi connectivity index (χ4v) is 2.96. The molecule has 2 aromatic rings. The molecule has 0 radical (unpaired) electrons. The second kappa shape index (κ2) is 8.75. The molecule has 1 saturated heterocycles. The van der Waals surface area contributed by atoms with E-state index in [4.69, 9.17) is 4.74 Å². The predicted octanol–water partition coefficient (Wildman–Crippen LogP) is 2.67. The van der Waals surface area contributed by atoms with E-state index in [1.54, 1.807) is 19.1 Å². The molecule has 0 bridgehead atoms. The zero-order valence-corrected chi connectivity index (χ0v) is 15.3. The maximum absolute atomic E-state index is 13.0. The molecule has 2 unspecified atom stereocenters. The minimum Gasteiger partial charge on any atom is -0.494 e. The molecule has 0 saturated carbocycles. The molecule has 0 aliphatic carbocycles. The first-order chi connectivity index (χ1) is 13.1. The van der Waals surface area contributed by atoms with Gasteiger partial charge in [-0.05, 0) is 44.0 Å². The van der Waals surface area contributed by atoms with Crippen LogP contribution >= 0.6 is 0 Å². The summed E-state index contributed by atoms with van der Waals surface area (Å²) in [6.45, 7) is 4.28. The number of carbonyl (C=O) groups excluding carboxylic acids is 1. The molecular weight excluding hydrogens is 347 g/mol. The normalized spacial score (nSPS) is 19.7. The number of rotatable bonds is 6. The van der Waals surface area contributed by atoms with E-state index in [-0.39, 0.29) is 17.8 Å². The van der Waals surface area contributed by atoms with Crippen LogP contribution in [-0.4, -0.2) is 24.3 Å². The Balaban J connectivity index is 1.61. The van der Waals surface area contributed by atoms with Crippen molar-refractivity contribution in [2.45, 2.75) is 32.4 Å². The van der Waals surface area contributed by atoms with Crippen molar-refractivity contribution in [1.29, 1.82) is 0 Å². The summed E-state index contributed by atoms with van der Waals surface area (Å²) in [7, 11) is 0. The second-order valence-corrected chi connectivity index (χ2v) is 6.28. The molecule has 142 valence electrons. The van der Waals surface area contributed by atoms with E-state index in [2.05, 4.69) is 21.4 Å². The molecule has 0 spiro atoms. The Morgan fingerprint density at radius 3 is 2.70 bits per heavy atom. The van der Waals surface area contributed by atoms with E-state index in [0.717, 1.165) is 16.9 Å². The van der Waals surface area contributed by atoms with Crippen molar-refractivity contribution in [3.8, 4) is 5.75 Å². The van der Waals surface area contributed by atoms with Crippen molar-refractivity contribution in [3.63, 3.8) is 0 Å². The van der Waals surface area contributed by atoms with Gasteiger partial charge in [0.1, 0.15) is 17.6 Å². The first-order valence-corrected chi connectivity index (χ1v) is 8.91. The van der Waals surface area contributed by atoms with Crippen molar-refractivity contribution in [2.75, 3.05) is 6.61 Å². The summed E-state index contributed by atoms with van der Waals surface area (Å²) in [6.07, 6.45) is 0.570. The zero-order chi connectivity index (χ0) is 19.2. The molecular formula is C20H23FN4O2. The minimum atomic E-state index is -0.422. The van der Waals surface area contributed by atoms with Crippen LogP contribution in [0.5, 0.6) is 5.75 Å². The Morgan fingerprint density at radius 1 is 1.22 bits per heavy atom. The first kappa shape index (κ1) is 19.0. The Labute approximate surface area is 157 Å². The van der Waals surface area contributed by atoms with Crippen LogP contribution in [-0.2, 0) is 4.79 Å². The summed E-state index contributed by atoms with van der Waals surface area (Å²) in [4.78, 5) is 12.4. The lowest BCUT2D eigenvalue weighted by atomic mass is 10.0. The van der Waals surface area contributed by atoms with Gasteiger partial charge >= 0.3 is 0 Å². The third-order valence-corrected chi connectivity index (χ3v) is 4.41. The Morgan fingerprint density at radius 2 is 1.96 bits per heavy atom. The third kappa shape index (κ3) is 4.69. The molecule has 0 aromatic heterocycles. The van der Waals surface area contributed by atoms with Crippen LogP contribution in [0.2, 0.25) is 0 Å². The molecule has 1 fully saturated rings. The van der Waals surface area contributed by atoms with Gasteiger partial charge < -0.3 is 4.74 Å². The number of hydrazone groups is 1. The van der Waals surface area contributed by atoms with E-state index >= 15 is 0 Å². The molecule has 3 N–H and O–H groups in total. The summed E-state index contributed by atoms with van der Waals surface area (Å²) in [6, 6.07) is 13.3. The average molecular weight is 370 g/mol. The van der Waals surface area contributed by atoms with Gasteiger partial charge in [-0.3, -0.25) is 4.79 Å². The maximum atomic E-state index is 13.0. The smallest absolute Gasteiger partial charge is 0.258 e. The minimum absolute atomic E-state index is 0.0364. The van der Waals surface area contributed by atoms with Crippen molar-refractivity contribution in [2.24, 2.45) is 5.10 Å². The lowest BCUT2D eigenvalue weighted by molar-refractivity contribution is -0.122. The third-order valence-electron chi connectivity index (χ3n) is 4.41. The Bertz CT molecular complexity index is 823. The predicted molar refractivity (Wildman–Crippen MR) is 102 cm³/mol. The Kier molecular flexibility index (Phi) is 6.16. The van der Waals surface area contributed by atoms with Gasteiger partial charge in [0.15, 0.2) is 0 Å². The van der Waals surface area contributed by atoms with E-state index in [0.29, 0.717) is 18.7 Å². The fraction of sp³-hybridized carbons (Fsp3) is 0.300. The highest BCUT2D eigenvalue weighted by Gasteiger charge is 2.31. The molecule has 27 heavy (non-hydrogen) atoms. The number of ether oxygens (including phenoxy) is 1. The van der Waals surface area contributed by atoms with Crippen LogP contribution in [0.3, 0.4) is 0 Å². The number of hydrogen-bond donors (Lipinski definition) is 3. The molecule has 1 amide bonds. The van der Waals surface area contributed by atoms with Gasteiger partial charge in [0.2, 0.25) is 0 Å². The number of hydrazine groups is 1. The number of halogens is 1. The van der Waals surface area contributed by atoms with Crippen molar-refractivity contribution >= 4 is 11.6 Å². The number of hydrogen-bond acceptors (Lipinski definition) is 5. The van der Waals surface area contributed by atoms with Gasteiger partial charge in [-0.1, -0.05) is 30.3 Å². The summed E-state index contributed by atoms with van der Waals surface area (Å²) in [5.41, 5.74) is 11.1. The van der Waals surface area contributed by atoms with Gasteiger partial charge in [0, 0.05) is 5.56 Å². The summed E-state index contributed by atoms with van der Waals surface area (Å²) >= 11 is 0. The molecule has 2 aromatic carbocycles. The van der Waals surface area contributed by atoms with Crippen LogP contribution < -0.4 is 21.0 Å². The molecule has 1 aliphatic heterocycles. The van der Waals surface area contributed by atoms with Gasteiger partial charge in [-0.25, -0.2) is 20.7 Å². The SMILES string of the molecule is CCOc1ccccc1C1CC(C(=O)N/N=C(/C)c2ccc(F)cc2)NN1. The fourth-order valence-electron chi connectivity index (χ4n) is 2.96. The number of carbonyl (C=O) groups is 1. The number of nitrogens with one attached hydrogen (secondary N) is 3. The lowest BCUT2D eigenvalue weighted by Gasteiger charge is -2.15. The Hall–Kier alpha value is -2.77. The quantitative estimate of drug-likeness (QED) is 0.540. The summed E-state index contributed by atoms with van der Waals surface area (Å²) in [5.74, 6) is 0.265. The van der Waals surface area contributed by atoms with Crippen LogP contribution in [0.1, 0.15) is 37.4 Å². The van der Waals surface area contributed by atoms with Crippen molar-refractivity contribution in [1.82, 2.24) is 16.3 Å². The van der Waals surface area contributed by atoms with Crippen LogP contribution in [0, 0.1) is 5.82 Å². The van der Waals surface area contributed by atoms with E-state index in [1.807, 2.05) is 31.2 Å². The number of nitrogens with zero attached hydrogens (tertiary/aromatic N) is 1. The number of benzene rings is 2. The van der Waals surface area contributed by atoms with E-state index in [9.17, 15) is 9.18 Å². The molecule has 3 rings (SSSR count). The van der Waals surface area contributed by atoms with E-state index in [1.165, 1.54) is 12.1 Å². The molecule has 1 aliphatic rings. The number of para-hydroxylation sites is 1. The maximum Gasteiger partial charge on any atom is 0.258 e. The average Bonchev–Trinajstić information content (AvgIpc) is 3.17. The van der Waals surface area contributed by atoms with Crippen molar-refractivity contribution in [3.05, 3.63) is 65.5 Å². The van der Waals surface area contributed by atoms with Gasteiger partial charge in [-0.15, -0.1) is 0 Å². The topological polar surface area (TPSA) is 74.8 Å². The monoisotopic (exact) mass is 370 g/mol. The zero-order valence-electron chi connectivity index (χ0n) is 15.3. The largest absolute Gasteiger partial charge is 0.494 e. The molecule has 6 nitrogen and oxygen atoms in total. The lowest BCUT2D eigenvalue weighted by Crippen LogP contribution is -2.41. The highest BCUT2D eigenvalue weighted by molar-refractivity contribution is 5.99. The van der Waals surface area contributed by atoms with Crippen LogP contribution in [0.4, 0.5) is 4.39 Å². The molecule has 7 heteroatoms. The molecule has 1 heterocycles. The highest BCUT2D eigenvalue weighted by Crippen LogP contribution is 2.30. The highest BCUT2D eigenvalue weighted by atomic mass is 19.1. The first-order valence-electron chi connectivity index (χ1n) is 8.91. The van der Waals surface area contributed by atoms with E-state index < -0.39 is 6.04 Å². The summed E-state index contributed by atoms with van der Waals surface area (Å²) < 4.78 is 18.7. The summed E-state index contributed by atoms with van der Waals surface area (Å²) in [5, 5.41) is 4.12. The van der Waals surface area contributed by atoms with Gasteiger partial charge in [-0.2, -0.15) is 5.10 Å². The van der Waals surface area contributed by atoms with Crippen LogP contribution in [0.15, 0.2) is 53.6 Å². The number of amides is 1. The van der Waals surface area contributed by atoms with Gasteiger partial charge in [0.25, 0.3) is 5.91 Å². The standard InChI is InChI=1S/C20H23FN4O2/c1-3-27-19-7-5-4-6-16(19)17-12-18(24-23-17)20(26)25-22-13(2)14-8-10-15(21)11-9-14/h4-11,17-18,23-24H,3,12H2,1-2H3,(H,25,26)/b22-13-. The van der Waals surface area contributed by atoms with Crippen molar-refractivity contribution < 1.29 is 13.9 Å². The van der Waals surface area contributed by atoms with Gasteiger partial charge in [0.05, 0.1) is 18.4 Å². The molecule has 2 atom stereocenters. The second-order valence-electron chi connectivity index (χ2n) is 6.28. The van der Waals surface area contributed by atoms with Crippen LogP contribution in [0.25, 0.3) is 0 Å².